The predicted octanol–water partition coefficient (Wildman–Crippen LogP) is 0.770. The van der Waals surface area contributed by atoms with Crippen LogP contribution in [-0.2, 0) is 11.2 Å². The van der Waals surface area contributed by atoms with Gasteiger partial charge in [-0.15, -0.1) is 0 Å². The molecule has 0 fully saturated rings. The fourth-order valence-electron chi connectivity index (χ4n) is 1.18. The van der Waals surface area contributed by atoms with Crippen LogP contribution in [-0.4, -0.2) is 27.4 Å². The van der Waals surface area contributed by atoms with Crippen LogP contribution < -0.4 is 0 Å². The summed E-state index contributed by atoms with van der Waals surface area (Å²) in [6.07, 6.45) is -0.856. The molecule has 0 aliphatic carbocycles. The highest BCUT2D eigenvalue weighted by atomic mass is 16.4. The summed E-state index contributed by atoms with van der Waals surface area (Å²) in [5.41, 5.74) is 0.802. The Morgan fingerprint density at radius 2 is 1.86 bits per heavy atom. The summed E-state index contributed by atoms with van der Waals surface area (Å²) in [5.74, 6) is -0.863. The number of hydrogen-bond donors (Lipinski definition) is 3. The number of benzene rings is 1. The molecule has 0 aliphatic heterocycles. The number of carboxylic acids is 1. The van der Waals surface area contributed by atoms with Crippen LogP contribution in [0.4, 0.5) is 0 Å². The number of aliphatic hydroxyl groups is 1. The van der Waals surface area contributed by atoms with E-state index in [1.807, 2.05) is 0 Å². The quantitative estimate of drug-likeness (QED) is 0.664. The van der Waals surface area contributed by atoms with Crippen LogP contribution in [0.2, 0.25) is 0 Å². The fourth-order valence-corrected chi connectivity index (χ4v) is 1.18. The number of carbonyl (C=O) groups is 1. The van der Waals surface area contributed by atoms with E-state index in [-0.39, 0.29) is 18.6 Å². The van der Waals surface area contributed by atoms with E-state index in [0.29, 0.717) is 0 Å². The first kappa shape index (κ1) is 10.5. The van der Waals surface area contributed by atoms with Crippen LogP contribution in [0.3, 0.4) is 0 Å². The van der Waals surface area contributed by atoms with E-state index < -0.39 is 12.1 Å². The van der Waals surface area contributed by atoms with Gasteiger partial charge in [-0.05, 0) is 24.1 Å². The summed E-state index contributed by atoms with van der Waals surface area (Å²) in [5, 5.41) is 26.7. The summed E-state index contributed by atoms with van der Waals surface area (Å²) >= 11 is 0. The number of aromatic hydroxyl groups is 1. The number of phenols is 1. The largest absolute Gasteiger partial charge is 0.508 e. The molecular weight excluding hydrogens is 184 g/mol. The predicted molar refractivity (Wildman–Crippen MR) is 50.1 cm³/mol. The third-order valence-electron chi connectivity index (χ3n) is 1.82. The lowest BCUT2D eigenvalue weighted by molar-refractivity contribution is -0.139. The average Bonchev–Trinajstić information content (AvgIpc) is 2.07. The Hall–Kier alpha value is -1.55. The van der Waals surface area contributed by atoms with Crippen LogP contribution in [0.15, 0.2) is 24.3 Å². The lowest BCUT2D eigenvalue weighted by atomic mass is 10.1. The minimum Gasteiger partial charge on any atom is -0.508 e. The second kappa shape index (κ2) is 4.62. The Morgan fingerprint density at radius 3 is 2.36 bits per heavy atom. The second-order valence-corrected chi connectivity index (χ2v) is 3.12. The van der Waals surface area contributed by atoms with Crippen LogP contribution in [0, 0.1) is 0 Å². The van der Waals surface area contributed by atoms with E-state index in [1.165, 1.54) is 12.1 Å². The van der Waals surface area contributed by atoms with Crippen LogP contribution in [0.25, 0.3) is 0 Å². The first-order valence-electron chi connectivity index (χ1n) is 4.25. The third kappa shape index (κ3) is 3.45. The molecule has 4 heteroatoms. The van der Waals surface area contributed by atoms with Gasteiger partial charge in [0.2, 0.25) is 0 Å². The van der Waals surface area contributed by atoms with Gasteiger partial charge in [-0.1, -0.05) is 12.1 Å². The molecule has 1 rings (SSSR count). The number of aliphatic hydroxyl groups excluding tert-OH is 1. The van der Waals surface area contributed by atoms with Gasteiger partial charge in [-0.2, -0.15) is 0 Å². The molecule has 1 unspecified atom stereocenters. The van der Waals surface area contributed by atoms with Gasteiger partial charge < -0.3 is 15.3 Å². The van der Waals surface area contributed by atoms with E-state index in [2.05, 4.69) is 0 Å². The molecule has 0 radical (unpaired) electrons. The molecule has 0 aromatic heterocycles. The molecule has 0 bridgehead atoms. The van der Waals surface area contributed by atoms with Crippen molar-refractivity contribution in [2.45, 2.75) is 18.9 Å². The molecule has 4 nitrogen and oxygen atoms in total. The van der Waals surface area contributed by atoms with E-state index in [9.17, 15) is 9.90 Å². The first-order chi connectivity index (χ1) is 6.58. The number of rotatable bonds is 4. The van der Waals surface area contributed by atoms with Gasteiger partial charge in [0, 0.05) is 0 Å². The minimum atomic E-state index is -1.02. The SMILES string of the molecule is O=C(O)CC(O)Cc1ccc(O)cc1. The van der Waals surface area contributed by atoms with Crippen molar-refractivity contribution in [2.75, 3.05) is 0 Å². The summed E-state index contributed by atoms with van der Waals surface area (Å²) < 4.78 is 0. The van der Waals surface area contributed by atoms with Gasteiger partial charge in [0.15, 0.2) is 0 Å². The van der Waals surface area contributed by atoms with Crippen molar-refractivity contribution in [2.24, 2.45) is 0 Å². The van der Waals surface area contributed by atoms with Crippen molar-refractivity contribution in [3.63, 3.8) is 0 Å². The lowest BCUT2D eigenvalue weighted by Gasteiger charge is -2.07. The summed E-state index contributed by atoms with van der Waals surface area (Å²) in [7, 11) is 0. The normalized spacial score (nSPS) is 12.4. The van der Waals surface area contributed by atoms with Crippen molar-refractivity contribution < 1.29 is 20.1 Å². The molecule has 1 atom stereocenters. The average molecular weight is 196 g/mol. The molecule has 0 spiro atoms. The van der Waals surface area contributed by atoms with Gasteiger partial charge in [0.1, 0.15) is 5.75 Å². The molecule has 0 amide bonds. The van der Waals surface area contributed by atoms with Crippen molar-refractivity contribution >= 4 is 5.97 Å². The standard InChI is InChI=1S/C10H12O4/c11-8-3-1-7(2-4-8)5-9(12)6-10(13)14/h1-4,9,11-12H,5-6H2,(H,13,14). The van der Waals surface area contributed by atoms with E-state index in [0.717, 1.165) is 5.56 Å². The zero-order valence-corrected chi connectivity index (χ0v) is 7.55. The number of aliphatic carboxylic acids is 1. The highest BCUT2D eigenvalue weighted by molar-refractivity contribution is 5.67. The van der Waals surface area contributed by atoms with Crippen molar-refractivity contribution in [3.8, 4) is 5.75 Å². The molecule has 1 aromatic rings. The molecular formula is C10H12O4. The molecule has 76 valence electrons. The number of phenolic OH excluding ortho intramolecular Hbond substituents is 1. The maximum Gasteiger partial charge on any atom is 0.305 e. The Balaban J connectivity index is 2.51. The third-order valence-corrected chi connectivity index (χ3v) is 1.82. The maximum atomic E-state index is 10.3. The molecule has 0 saturated heterocycles. The van der Waals surface area contributed by atoms with Gasteiger partial charge in [-0.25, -0.2) is 0 Å². The highest BCUT2D eigenvalue weighted by Gasteiger charge is 2.09. The minimum absolute atomic E-state index is 0.154. The molecule has 0 saturated carbocycles. The Labute approximate surface area is 81.4 Å². The van der Waals surface area contributed by atoms with E-state index >= 15 is 0 Å². The summed E-state index contributed by atoms with van der Waals surface area (Å²) in [4.78, 5) is 10.3. The van der Waals surface area contributed by atoms with Gasteiger partial charge in [-0.3, -0.25) is 4.79 Å². The Kier molecular flexibility index (Phi) is 3.48. The Bertz CT molecular complexity index is 304. The zero-order chi connectivity index (χ0) is 10.6. The van der Waals surface area contributed by atoms with E-state index in [4.69, 9.17) is 10.2 Å². The molecule has 14 heavy (non-hydrogen) atoms. The zero-order valence-electron chi connectivity index (χ0n) is 7.55. The smallest absolute Gasteiger partial charge is 0.305 e. The molecule has 0 aliphatic rings. The summed E-state index contributed by atoms with van der Waals surface area (Å²) in [6, 6.07) is 6.31. The number of hydrogen-bond acceptors (Lipinski definition) is 3. The van der Waals surface area contributed by atoms with Crippen LogP contribution >= 0.6 is 0 Å². The highest BCUT2D eigenvalue weighted by Crippen LogP contribution is 2.12. The Morgan fingerprint density at radius 1 is 1.29 bits per heavy atom. The van der Waals surface area contributed by atoms with Gasteiger partial charge in [0.25, 0.3) is 0 Å². The maximum absolute atomic E-state index is 10.3. The van der Waals surface area contributed by atoms with E-state index in [1.54, 1.807) is 12.1 Å². The van der Waals surface area contributed by atoms with Crippen molar-refractivity contribution in [3.05, 3.63) is 29.8 Å². The molecule has 1 aromatic carbocycles. The van der Waals surface area contributed by atoms with Crippen molar-refractivity contribution in [1.82, 2.24) is 0 Å². The monoisotopic (exact) mass is 196 g/mol. The van der Waals surface area contributed by atoms with Crippen molar-refractivity contribution in [1.29, 1.82) is 0 Å². The topological polar surface area (TPSA) is 77.8 Å². The second-order valence-electron chi connectivity index (χ2n) is 3.12. The molecule has 0 heterocycles. The first-order valence-corrected chi connectivity index (χ1v) is 4.25. The van der Waals surface area contributed by atoms with Crippen LogP contribution in [0.5, 0.6) is 5.75 Å². The van der Waals surface area contributed by atoms with Crippen LogP contribution in [0.1, 0.15) is 12.0 Å². The summed E-state index contributed by atoms with van der Waals surface area (Å²) in [6.45, 7) is 0. The van der Waals surface area contributed by atoms with Gasteiger partial charge >= 0.3 is 5.97 Å². The molecule has 3 N–H and O–H groups in total. The number of carboxylic acid groups (broad SMARTS) is 1. The lowest BCUT2D eigenvalue weighted by Crippen LogP contribution is -2.15. The fraction of sp³-hybridized carbons (Fsp3) is 0.300. The van der Waals surface area contributed by atoms with Gasteiger partial charge in [0.05, 0.1) is 12.5 Å².